The van der Waals surface area contributed by atoms with Crippen LogP contribution in [0.25, 0.3) is 0 Å². The number of aryl methyl sites for hydroxylation is 1. The highest BCUT2D eigenvalue weighted by atomic mass is 79.9. The molecule has 17 heavy (non-hydrogen) atoms. The molecule has 0 aromatic carbocycles. The van der Waals surface area contributed by atoms with Crippen molar-refractivity contribution in [3.8, 4) is 0 Å². The highest BCUT2D eigenvalue weighted by Crippen LogP contribution is 2.29. The topological polar surface area (TPSA) is 15.3 Å². The number of hydrogen-bond acceptors (Lipinski definition) is 3. The Hall–Kier alpha value is 0.1000. The highest BCUT2D eigenvalue weighted by molar-refractivity contribution is 9.10. The van der Waals surface area contributed by atoms with E-state index in [4.69, 9.17) is 0 Å². The third-order valence-corrected chi connectivity index (χ3v) is 5.58. The number of rotatable bonds is 4. The van der Waals surface area contributed by atoms with Crippen molar-refractivity contribution in [2.24, 2.45) is 0 Å². The number of nitrogens with one attached hydrogen (secondary N) is 1. The fourth-order valence-electron chi connectivity index (χ4n) is 2.53. The first-order valence-corrected chi connectivity index (χ1v) is 7.95. The van der Waals surface area contributed by atoms with Crippen LogP contribution < -0.4 is 5.32 Å². The van der Waals surface area contributed by atoms with Crippen molar-refractivity contribution < 1.29 is 0 Å². The van der Waals surface area contributed by atoms with E-state index in [0.717, 1.165) is 19.1 Å². The van der Waals surface area contributed by atoms with E-state index in [1.54, 1.807) is 0 Å². The third kappa shape index (κ3) is 3.53. The minimum atomic E-state index is 0.718. The van der Waals surface area contributed by atoms with Crippen LogP contribution in [0.15, 0.2) is 10.5 Å². The number of hydrogen-bond donors (Lipinski definition) is 1. The molecule has 2 nitrogen and oxygen atoms in total. The van der Waals surface area contributed by atoms with Crippen LogP contribution >= 0.6 is 27.3 Å². The molecule has 1 aliphatic rings. The molecule has 1 atom stereocenters. The zero-order valence-electron chi connectivity index (χ0n) is 10.6. The van der Waals surface area contributed by atoms with E-state index < -0.39 is 0 Å². The summed E-state index contributed by atoms with van der Waals surface area (Å²) < 4.78 is 1.26. The summed E-state index contributed by atoms with van der Waals surface area (Å²) in [6, 6.07) is 3.00. The lowest BCUT2D eigenvalue weighted by Gasteiger charge is -2.35. The fraction of sp³-hybridized carbons (Fsp3) is 0.692. The second-order valence-corrected chi connectivity index (χ2v) is 6.99. The van der Waals surface area contributed by atoms with Gasteiger partial charge >= 0.3 is 0 Å². The molecule has 1 aromatic heterocycles. The molecule has 1 aliphatic heterocycles. The average molecular weight is 317 g/mol. The molecular formula is C13H21BrN2S. The van der Waals surface area contributed by atoms with E-state index in [0.29, 0.717) is 0 Å². The van der Waals surface area contributed by atoms with Crippen molar-refractivity contribution in [1.82, 2.24) is 10.2 Å². The van der Waals surface area contributed by atoms with Gasteiger partial charge in [0.05, 0.1) is 0 Å². The van der Waals surface area contributed by atoms with Gasteiger partial charge in [-0.3, -0.25) is 4.90 Å². The lowest BCUT2D eigenvalue weighted by molar-refractivity contribution is 0.140. The Morgan fingerprint density at radius 3 is 3.00 bits per heavy atom. The molecule has 2 heterocycles. The largest absolute Gasteiger partial charge is 0.318 e. The van der Waals surface area contributed by atoms with Gasteiger partial charge in [-0.15, -0.1) is 11.3 Å². The van der Waals surface area contributed by atoms with Gasteiger partial charge in [0, 0.05) is 33.4 Å². The molecule has 4 heteroatoms. The van der Waals surface area contributed by atoms with E-state index in [9.17, 15) is 0 Å². The van der Waals surface area contributed by atoms with Crippen LogP contribution in [0.1, 0.15) is 29.0 Å². The van der Waals surface area contributed by atoms with Gasteiger partial charge in [0.2, 0.25) is 0 Å². The van der Waals surface area contributed by atoms with Crippen LogP contribution in [0.3, 0.4) is 0 Å². The summed E-state index contributed by atoms with van der Waals surface area (Å²) in [6.45, 7) is 5.66. The monoisotopic (exact) mass is 316 g/mol. The van der Waals surface area contributed by atoms with Gasteiger partial charge in [-0.2, -0.15) is 0 Å². The van der Waals surface area contributed by atoms with Crippen molar-refractivity contribution in [2.45, 2.75) is 38.8 Å². The second kappa shape index (κ2) is 6.32. The Bertz CT molecular complexity index is 343. The molecule has 1 fully saturated rings. The average Bonchev–Trinajstić information content (AvgIpc) is 2.61. The van der Waals surface area contributed by atoms with Crippen molar-refractivity contribution in [3.05, 3.63) is 20.3 Å². The first-order chi connectivity index (χ1) is 8.20. The van der Waals surface area contributed by atoms with E-state index in [2.05, 4.69) is 46.2 Å². The van der Waals surface area contributed by atoms with Gasteiger partial charge in [-0.1, -0.05) is 6.42 Å². The quantitative estimate of drug-likeness (QED) is 0.916. The summed E-state index contributed by atoms with van der Waals surface area (Å²) in [4.78, 5) is 5.51. The van der Waals surface area contributed by atoms with E-state index in [-0.39, 0.29) is 0 Å². The van der Waals surface area contributed by atoms with Crippen molar-refractivity contribution in [1.29, 1.82) is 0 Å². The third-order valence-electron chi connectivity index (χ3n) is 3.46. The first-order valence-electron chi connectivity index (χ1n) is 6.34. The molecule has 1 saturated heterocycles. The summed E-state index contributed by atoms with van der Waals surface area (Å²) in [5, 5.41) is 3.32. The summed E-state index contributed by atoms with van der Waals surface area (Å²) in [5.41, 5.74) is 0. The molecule has 2 rings (SSSR count). The molecule has 0 radical (unpaired) electrons. The molecule has 1 N–H and O–H groups in total. The summed E-state index contributed by atoms with van der Waals surface area (Å²) in [7, 11) is 2.05. The normalized spacial score (nSPS) is 21.9. The van der Waals surface area contributed by atoms with Crippen molar-refractivity contribution in [3.63, 3.8) is 0 Å². The smallest absolute Gasteiger partial charge is 0.0331 e. The van der Waals surface area contributed by atoms with Crippen LogP contribution in [-0.2, 0) is 6.54 Å². The molecule has 0 aliphatic carbocycles. The van der Waals surface area contributed by atoms with Gasteiger partial charge in [0.15, 0.2) is 0 Å². The summed E-state index contributed by atoms with van der Waals surface area (Å²) >= 11 is 5.53. The zero-order valence-corrected chi connectivity index (χ0v) is 13.0. The van der Waals surface area contributed by atoms with Crippen molar-refractivity contribution >= 4 is 27.3 Å². The molecule has 96 valence electrons. The zero-order chi connectivity index (χ0) is 12.3. The maximum Gasteiger partial charge on any atom is 0.0331 e. The minimum Gasteiger partial charge on any atom is -0.318 e. The van der Waals surface area contributed by atoms with E-state index in [1.165, 1.54) is 40.0 Å². The SMILES string of the molecule is CNCC1CCCCN1Cc1cc(Br)c(C)s1. The first kappa shape index (κ1) is 13.5. The number of likely N-dealkylation sites (N-methyl/N-ethyl adjacent to an activating group) is 1. The minimum absolute atomic E-state index is 0.718. The number of thiophene rings is 1. The molecule has 0 amide bonds. The lowest BCUT2D eigenvalue weighted by atomic mass is 10.0. The molecular weight excluding hydrogens is 296 g/mol. The van der Waals surface area contributed by atoms with Crippen LogP contribution in [-0.4, -0.2) is 31.1 Å². The van der Waals surface area contributed by atoms with Crippen LogP contribution in [0, 0.1) is 6.92 Å². The maximum absolute atomic E-state index is 3.61. The van der Waals surface area contributed by atoms with E-state index in [1.807, 2.05) is 11.3 Å². The van der Waals surface area contributed by atoms with Crippen LogP contribution in [0.5, 0.6) is 0 Å². The molecule has 0 saturated carbocycles. The molecule has 1 unspecified atom stereocenters. The Kier molecular flexibility index (Phi) is 5.03. The predicted octanol–water partition coefficient (Wildman–Crippen LogP) is 3.39. The Balaban J connectivity index is 2.00. The molecule has 0 spiro atoms. The maximum atomic E-state index is 3.61. The lowest BCUT2D eigenvalue weighted by Crippen LogP contribution is -2.44. The Morgan fingerprint density at radius 2 is 2.35 bits per heavy atom. The molecule has 1 aromatic rings. The van der Waals surface area contributed by atoms with Gasteiger partial charge < -0.3 is 5.32 Å². The standard InChI is InChI=1S/C13H21BrN2S/c1-10-13(14)7-12(17-10)9-16-6-4-3-5-11(16)8-15-2/h7,11,15H,3-6,8-9H2,1-2H3. The van der Waals surface area contributed by atoms with Crippen LogP contribution in [0.2, 0.25) is 0 Å². The summed E-state index contributed by atoms with van der Waals surface area (Å²) in [5.74, 6) is 0. The summed E-state index contributed by atoms with van der Waals surface area (Å²) in [6.07, 6.45) is 4.08. The number of halogens is 1. The Morgan fingerprint density at radius 1 is 1.53 bits per heavy atom. The van der Waals surface area contributed by atoms with E-state index >= 15 is 0 Å². The van der Waals surface area contributed by atoms with Gasteiger partial charge in [-0.05, 0) is 55.4 Å². The van der Waals surface area contributed by atoms with Gasteiger partial charge in [0.25, 0.3) is 0 Å². The van der Waals surface area contributed by atoms with Crippen LogP contribution in [0.4, 0.5) is 0 Å². The fourth-order valence-corrected chi connectivity index (χ4v) is 4.16. The number of likely N-dealkylation sites (tertiary alicyclic amines) is 1. The Labute approximate surface area is 117 Å². The second-order valence-electron chi connectivity index (χ2n) is 4.79. The van der Waals surface area contributed by atoms with Gasteiger partial charge in [0.1, 0.15) is 0 Å². The van der Waals surface area contributed by atoms with Gasteiger partial charge in [-0.25, -0.2) is 0 Å². The van der Waals surface area contributed by atoms with Crippen molar-refractivity contribution in [2.75, 3.05) is 20.1 Å². The highest BCUT2D eigenvalue weighted by Gasteiger charge is 2.22. The number of nitrogens with zero attached hydrogens (tertiary/aromatic N) is 1. The number of piperidine rings is 1. The predicted molar refractivity (Wildman–Crippen MR) is 78.7 cm³/mol. The molecule has 0 bridgehead atoms.